The third kappa shape index (κ3) is 3.79. The van der Waals surface area contributed by atoms with Gasteiger partial charge in [0.05, 0.1) is 11.0 Å². The van der Waals surface area contributed by atoms with E-state index in [2.05, 4.69) is 27.4 Å². The minimum absolute atomic E-state index is 0.113. The molecule has 6 nitrogen and oxygen atoms in total. The Hall–Kier alpha value is -2.28. The van der Waals surface area contributed by atoms with E-state index >= 15 is 0 Å². The van der Waals surface area contributed by atoms with Crippen molar-refractivity contribution in [1.29, 1.82) is 0 Å². The lowest BCUT2D eigenvalue weighted by Gasteiger charge is -2.06. The number of rotatable bonds is 7. The number of hydrogen-bond acceptors (Lipinski definition) is 5. The van der Waals surface area contributed by atoms with Crippen LogP contribution in [0.3, 0.4) is 0 Å². The number of anilines is 1. The van der Waals surface area contributed by atoms with E-state index < -0.39 is 0 Å². The molecule has 1 aromatic carbocycles. The minimum Gasteiger partial charge on any atom is -0.319 e. The van der Waals surface area contributed by atoms with Gasteiger partial charge in [-0.3, -0.25) is 10.1 Å². The molecule has 0 bridgehead atoms. The SMILES string of the molecule is CCCCCc1nnc(NC(=O)Cn2c(C)nc3ccccc32)s1. The summed E-state index contributed by atoms with van der Waals surface area (Å²) >= 11 is 1.45. The lowest BCUT2D eigenvalue weighted by atomic mass is 10.2. The van der Waals surface area contributed by atoms with Crippen LogP contribution in [0.4, 0.5) is 5.13 Å². The summed E-state index contributed by atoms with van der Waals surface area (Å²) in [6.45, 7) is 4.30. The number of amides is 1. The molecule has 0 fully saturated rings. The molecule has 7 heteroatoms. The summed E-state index contributed by atoms with van der Waals surface area (Å²) in [5.74, 6) is 0.710. The first-order valence-corrected chi connectivity index (χ1v) is 9.03. The zero-order valence-electron chi connectivity index (χ0n) is 14.0. The van der Waals surface area contributed by atoms with Crippen molar-refractivity contribution in [2.45, 2.75) is 46.1 Å². The standard InChI is InChI=1S/C17H21N5OS/c1-3-4-5-10-16-20-21-17(24-16)19-15(23)11-22-12(2)18-13-8-6-7-9-14(13)22/h6-9H,3-5,10-11H2,1-2H3,(H,19,21,23). The number of aryl methyl sites for hydroxylation is 2. The molecule has 0 saturated heterocycles. The number of benzene rings is 1. The Bertz CT molecular complexity index is 838. The number of unbranched alkanes of at least 4 members (excludes halogenated alkanes) is 2. The van der Waals surface area contributed by atoms with E-state index in [9.17, 15) is 4.79 Å². The van der Waals surface area contributed by atoms with Gasteiger partial charge < -0.3 is 4.57 Å². The molecule has 3 aromatic rings. The summed E-state index contributed by atoms with van der Waals surface area (Å²) in [6.07, 6.45) is 4.40. The van der Waals surface area contributed by atoms with Gasteiger partial charge >= 0.3 is 0 Å². The second kappa shape index (κ2) is 7.53. The number of fused-ring (bicyclic) bond motifs is 1. The van der Waals surface area contributed by atoms with Crippen LogP contribution in [0.15, 0.2) is 24.3 Å². The molecule has 0 aliphatic carbocycles. The Labute approximate surface area is 144 Å². The highest BCUT2D eigenvalue weighted by Gasteiger charge is 2.12. The normalized spacial score (nSPS) is 11.1. The number of carbonyl (C=O) groups excluding carboxylic acids is 1. The number of para-hydroxylation sites is 2. The first-order chi connectivity index (χ1) is 11.7. The topological polar surface area (TPSA) is 72.7 Å². The Morgan fingerprint density at radius 1 is 1.25 bits per heavy atom. The highest BCUT2D eigenvalue weighted by atomic mass is 32.1. The fourth-order valence-electron chi connectivity index (χ4n) is 2.63. The second-order valence-electron chi connectivity index (χ2n) is 5.74. The van der Waals surface area contributed by atoms with E-state index in [-0.39, 0.29) is 12.5 Å². The molecule has 0 spiro atoms. The van der Waals surface area contributed by atoms with Crippen molar-refractivity contribution < 1.29 is 4.79 Å². The maximum Gasteiger partial charge on any atom is 0.246 e. The maximum absolute atomic E-state index is 12.3. The Morgan fingerprint density at radius 3 is 2.92 bits per heavy atom. The summed E-state index contributed by atoms with van der Waals surface area (Å²) in [4.78, 5) is 16.8. The van der Waals surface area contributed by atoms with Gasteiger partial charge in [0.25, 0.3) is 0 Å². The molecule has 1 N–H and O–H groups in total. The van der Waals surface area contributed by atoms with E-state index in [1.807, 2.05) is 35.8 Å². The van der Waals surface area contributed by atoms with Crippen LogP contribution >= 0.6 is 11.3 Å². The van der Waals surface area contributed by atoms with Crippen LogP contribution in [0.1, 0.15) is 37.0 Å². The first kappa shape index (κ1) is 16.6. The van der Waals surface area contributed by atoms with Crippen molar-refractivity contribution in [3.8, 4) is 0 Å². The molecular formula is C17H21N5OS. The Balaban J connectivity index is 1.64. The number of carbonyl (C=O) groups is 1. The summed E-state index contributed by atoms with van der Waals surface area (Å²) < 4.78 is 1.91. The van der Waals surface area contributed by atoms with Gasteiger partial charge in [-0.15, -0.1) is 10.2 Å². The quantitative estimate of drug-likeness (QED) is 0.666. The first-order valence-electron chi connectivity index (χ1n) is 8.21. The molecule has 0 radical (unpaired) electrons. The fraction of sp³-hybridized carbons (Fsp3) is 0.412. The van der Waals surface area contributed by atoms with Gasteiger partial charge in [0.15, 0.2) is 0 Å². The molecule has 2 aromatic heterocycles. The van der Waals surface area contributed by atoms with E-state index in [0.717, 1.165) is 34.7 Å². The van der Waals surface area contributed by atoms with Gasteiger partial charge in [0.2, 0.25) is 11.0 Å². The molecule has 0 unspecified atom stereocenters. The molecule has 126 valence electrons. The van der Waals surface area contributed by atoms with Crippen LogP contribution < -0.4 is 5.32 Å². The third-order valence-corrected chi connectivity index (χ3v) is 4.75. The van der Waals surface area contributed by atoms with Crippen LogP contribution in [0.2, 0.25) is 0 Å². The van der Waals surface area contributed by atoms with E-state index in [4.69, 9.17) is 0 Å². The summed E-state index contributed by atoms with van der Waals surface area (Å²) in [7, 11) is 0. The molecule has 1 amide bonds. The number of nitrogens with one attached hydrogen (secondary N) is 1. The number of nitrogens with zero attached hydrogens (tertiary/aromatic N) is 4. The average Bonchev–Trinajstić information content (AvgIpc) is 3.13. The smallest absolute Gasteiger partial charge is 0.246 e. The number of hydrogen-bond donors (Lipinski definition) is 1. The molecule has 3 rings (SSSR count). The van der Waals surface area contributed by atoms with Crippen molar-refractivity contribution >= 4 is 33.4 Å². The van der Waals surface area contributed by atoms with Gasteiger partial charge in [-0.25, -0.2) is 4.98 Å². The highest BCUT2D eigenvalue weighted by Crippen LogP contribution is 2.19. The zero-order chi connectivity index (χ0) is 16.9. The molecule has 0 saturated carbocycles. The predicted molar refractivity (Wildman–Crippen MR) is 96.2 cm³/mol. The highest BCUT2D eigenvalue weighted by molar-refractivity contribution is 7.15. The molecule has 24 heavy (non-hydrogen) atoms. The maximum atomic E-state index is 12.3. The van der Waals surface area contributed by atoms with Crippen LogP contribution in [0.5, 0.6) is 0 Å². The van der Waals surface area contributed by atoms with Gasteiger partial charge in [-0.1, -0.05) is 43.2 Å². The van der Waals surface area contributed by atoms with Crippen molar-refractivity contribution in [1.82, 2.24) is 19.7 Å². The summed E-state index contributed by atoms with van der Waals surface area (Å²) in [5.41, 5.74) is 1.86. The second-order valence-corrected chi connectivity index (χ2v) is 6.80. The van der Waals surface area contributed by atoms with Gasteiger partial charge in [-0.05, 0) is 25.5 Å². The summed E-state index contributed by atoms with van der Waals surface area (Å²) in [5, 5.41) is 12.6. The lowest BCUT2D eigenvalue weighted by Crippen LogP contribution is -2.19. The monoisotopic (exact) mass is 343 g/mol. The number of imidazole rings is 1. The average molecular weight is 343 g/mol. The van der Waals surface area contributed by atoms with E-state index in [1.54, 1.807) is 0 Å². The molecule has 2 heterocycles. The number of aromatic nitrogens is 4. The van der Waals surface area contributed by atoms with Crippen LogP contribution in [0.25, 0.3) is 11.0 Å². The van der Waals surface area contributed by atoms with Gasteiger partial charge in [-0.2, -0.15) is 0 Å². The molecule has 0 aliphatic rings. The van der Waals surface area contributed by atoms with E-state index in [1.165, 1.54) is 24.2 Å². The summed E-state index contributed by atoms with van der Waals surface area (Å²) in [6, 6.07) is 7.81. The zero-order valence-corrected chi connectivity index (χ0v) is 14.8. The van der Waals surface area contributed by atoms with Crippen molar-refractivity contribution in [2.24, 2.45) is 0 Å². The largest absolute Gasteiger partial charge is 0.319 e. The molecule has 0 aliphatic heterocycles. The van der Waals surface area contributed by atoms with Gasteiger partial charge in [0, 0.05) is 6.42 Å². The molecular weight excluding hydrogens is 322 g/mol. The minimum atomic E-state index is -0.113. The van der Waals surface area contributed by atoms with Crippen molar-refractivity contribution in [3.05, 3.63) is 35.1 Å². The van der Waals surface area contributed by atoms with Crippen LogP contribution in [0, 0.1) is 6.92 Å². The third-order valence-electron chi connectivity index (χ3n) is 3.85. The predicted octanol–water partition coefficient (Wildman–Crippen LogP) is 3.57. The fourth-order valence-corrected chi connectivity index (χ4v) is 3.43. The molecule has 0 atom stereocenters. The Kier molecular flexibility index (Phi) is 5.20. The van der Waals surface area contributed by atoms with Crippen LogP contribution in [-0.2, 0) is 17.8 Å². The van der Waals surface area contributed by atoms with Crippen LogP contribution in [-0.4, -0.2) is 25.7 Å². The van der Waals surface area contributed by atoms with Gasteiger partial charge in [0.1, 0.15) is 17.4 Å². The lowest BCUT2D eigenvalue weighted by molar-refractivity contribution is -0.116. The Morgan fingerprint density at radius 2 is 2.08 bits per heavy atom. The van der Waals surface area contributed by atoms with Crippen molar-refractivity contribution in [2.75, 3.05) is 5.32 Å². The van der Waals surface area contributed by atoms with E-state index in [0.29, 0.717) is 5.13 Å². The van der Waals surface area contributed by atoms with Crippen molar-refractivity contribution in [3.63, 3.8) is 0 Å².